The molecular formula is C9H11FN2O2. The Kier molecular flexibility index (Phi) is 2.81. The highest BCUT2D eigenvalue weighted by molar-refractivity contribution is 5.68. The molecule has 14 heavy (non-hydrogen) atoms. The highest BCUT2D eigenvalue weighted by Crippen LogP contribution is 2.19. The van der Waals surface area contributed by atoms with Gasteiger partial charge in [-0.05, 0) is 19.1 Å². The summed E-state index contributed by atoms with van der Waals surface area (Å²) in [6.45, 7) is 1.54. The minimum Gasteiger partial charge on any atom is -0.481 e. The summed E-state index contributed by atoms with van der Waals surface area (Å²) in [7, 11) is 0. The summed E-state index contributed by atoms with van der Waals surface area (Å²) in [5.41, 5.74) is 5.02. The molecule has 3 N–H and O–H groups in total. The van der Waals surface area contributed by atoms with E-state index in [1.165, 1.54) is 12.1 Å². The fraction of sp³-hybridized carbons (Fsp3) is 0.333. The highest BCUT2D eigenvalue weighted by atomic mass is 19.1. The first-order valence-electron chi connectivity index (χ1n) is 4.04. The van der Waals surface area contributed by atoms with Crippen LogP contribution in [0.2, 0.25) is 0 Å². The largest absolute Gasteiger partial charge is 0.481 e. The lowest BCUT2D eigenvalue weighted by Gasteiger charge is -2.21. The van der Waals surface area contributed by atoms with Gasteiger partial charge in [0.2, 0.25) is 0 Å². The maximum absolute atomic E-state index is 12.5. The second kappa shape index (κ2) is 3.71. The van der Waals surface area contributed by atoms with E-state index in [2.05, 4.69) is 4.98 Å². The average molecular weight is 198 g/mol. The molecular weight excluding hydrogens is 187 g/mol. The molecule has 4 nitrogen and oxygen atoms in total. The Morgan fingerprint density at radius 3 is 2.79 bits per heavy atom. The first-order valence-corrected chi connectivity index (χ1v) is 4.04. The predicted molar refractivity (Wildman–Crippen MR) is 48.0 cm³/mol. The van der Waals surface area contributed by atoms with Crippen LogP contribution in [0.1, 0.15) is 19.0 Å². The van der Waals surface area contributed by atoms with Crippen molar-refractivity contribution in [2.45, 2.75) is 18.9 Å². The van der Waals surface area contributed by atoms with Crippen molar-refractivity contribution in [3.05, 3.63) is 29.8 Å². The van der Waals surface area contributed by atoms with Gasteiger partial charge in [-0.25, -0.2) is 4.39 Å². The average Bonchev–Trinajstić information content (AvgIpc) is 2.02. The zero-order valence-electron chi connectivity index (χ0n) is 7.70. The van der Waals surface area contributed by atoms with Crippen molar-refractivity contribution in [1.29, 1.82) is 0 Å². The monoisotopic (exact) mass is 198 g/mol. The Morgan fingerprint density at radius 2 is 2.36 bits per heavy atom. The van der Waals surface area contributed by atoms with Gasteiger partial charge in [0.1, 0.15) is 5.82 Å². The number of carboxylic acids is 1. The number of nitrogens with zero attached hydrogens (tertiary/aromatic N) is 1. The molecule has 1 aromatic heterocycles. The van der Waals surface area contributed by atoms with Gasteiger partial charge >= 0.3 is 5.97 Å². The topological polar surface area (TPSA) is 76.2 Å². The molecule has 0 saturated heterocycles. The van der Waals surface area contributed by atoms with E-state index in [0.29, 0.717) is 5.69 Å². The summed E-state index contributed by atoms with van der Waals surface area (Å²) in [6.07, 6.45) is 0.772. The molecule has 0 aliphatic heterocycles. The maximum atomic E-state index is 12.5. The van der Waals surface area contributed by atoms with Crippen LogP contribution in [0.5, 0.6) is 0 Å². The normalized spacial score (nSPS) is 14.8. The smallest absolute Gasteiger partial charge is 0.305 e. The molecule has 0 aliphatic carbocycles. The molecule has 0 radical (unpaired) electrons. The Labute approximate surface area is 80.6 Å². The van der Waals surface area contributed by atoms with E-state index in [1.54, 1.807) is 6.92 Å². The van der Waals surface area contributed by atoms with Crippen LogP contribution < -0.4 is 5.73 Å². The lowest BCUT2D eigenvalue weighted by molar-refractivity contribution is -0.138. The van der Waals surface area contributed by atoms with Crippen LogP contribution in [0.3, 0.4) is 0 Å². The van der Waals surface area contributed by atoms with Crippen LogP contribution >= 0.6 is 0 Å². The van der Waals surface area contributed by atoms with Crippen molar-refractivity contribution in [3.8, 4) is 0 Å². The van der Waals surface area contributed by atoms with Gasteiger partial charge in [0.25, 0.3) is 0 Å². The molecule has 1 heterocycles. The molecule has 0 unspecified atom stereocenters. The van der Waals surface area contributed by atoms with E-state index in [1.807, 2.05) is 0 Å². The summed E-state index contributed by atoms with van der Waals surface area (Å²) in [6, 6.07) is 2.59. The fourth-order valence-electron chi connectivity index (χ4n) is 1.12. The van der Waals surface area contributed by atoms with Crippen molar-refractivity contribution in [1.82, 2.24) is 4.98 Å². The number of hydrogen-bond donors (Lipinski definition) is 2. The molecule has 1 aromatic rings. The number of carboxylic acid groups (broad SMARTS) is 1. The van der Waals surface area contributed by atoms with Gasteiger partial charge in [0, 0.05) is 0 Å². The van der Waals surface area contributed by atoms with E-state index in [9.17, 15) is 9.18 Å². The van der Waals surface area contributed by atoms with Gasteiger partial charge in [0.15, 0.2) is 0 Å². The third-order valence-electron chi connectivity index (χ3n) is 1.83. The Morgan fingerprint density at radius 1 is 1.71 bits per heavy atom. The summed E-state index contributed by atoms with van der Waals surface area (Å²) in [5.74, 6) is -1.49. The molecule has 0 fully saturated rings. The molecule has 76 valence electrons. The van der Waals surface area contributed by atoms with E-state index < -0.39 is 17.3 Å². The minimum absolute atomic E-state index is 0.244. The standard InChI is InChI=1S/C9H11FN2O2/c1-9(11,4-8(13)14)7-3-2-6(10)5-12-7/h2-3,5H,4,11H2,1H3,(H,13,14)/t9-/m1/s1. The van der Waals surface area contributed by atoms with Crippen LogP contribution in [0.15, 0.2) is 18.3 Å². The highest BCUT2D eigenvalue weighted by Gasteiger charge is 2.25. The third-order valence-corrected chi connectivity index (χ3v) is 1.83. The van der Waals surface area contributed by atoms with Gasteiger partial charge in [-0.15, -0.1) is 0 Å². The van der Waals surface area contributed by atoms with Crippen molar-refractivity contribution in [3.63, 3.8) is 0 Å². The van der Waals surface area contributed by atoms with Gasteiger partial charge in [0.05, 0.1) is 23.9 Å². The van der Waals surface area contributed by atoms with Gasteiger partial charge < -0.3 is 10.8 Å². The molecule has 5 heteroatoms. The first-order chi connectivity index (χ1) is 6.42. The molecule has 0 spiro atoms. The Hall–Kier alpha value is -1.49. The Bertz CT molecular complexity index is 335. The summed E-state index contributed by atoms with van der Waals surface area (Å²) in [4.78, 5) is 14.2. The number of rotatable bonds is 3. The molecule has 0 amide bonds. The van der Waals surface area contributed by atoms with Crippen LogP contribution in [-0.4, -0.2) is 16.1 Å². The zero-order chi connectivity index (χ0) is 10.8. The number of halogens is 1. The molecule has 0 saturated carbocycles. The van der Waals surface area contributed by atoms with Crippen LogP contribution in [0, 0.1) is 5.82 Å². The minimum atomic E-state index is -1.07. The first kappa shape index (κ1) is 10.6. The molecule has 0 bridgehead atoms. The quantitative estimate of drug-likeness (QED) is 0.755. The van der Waals surface area contributed by atoms with Crippen molar-refractivity contribution < 1.29 is 14.3 Å². The van der Waals surface area contributed by atoms with Gasteiger partial charge in [-0.1, -0.05) is 0 Å². The van der Waals surface area contributed by atoms with E-state index in [4.69, 9.17) is 10.8 Å². The predicted octanol–water partition coefficient (Wildman–Crippen LogP) is 0.869. The maximum Gasteiger partial charge on any atom is 0.305 e. The number of aromatic nitrogens is 1. The van der Waals surface area contributed by atoms with Crippen molar-refractivity contribution >= 4 is 5.97 Å². The van der Waals surface area contributed by atoms with Crippen LogP contribution in [0.25, 0.3) is 0 Å². The zero-order valence-corrected chi connectivity index (χ0v) is 7.70. The Balaban J connectivity index is 2.91. The molecule has 1 atom stereocenters. The number of hydrogen-bond acceptors (Lipinski definition) is 3. The number of carbonyl (C=O) groups is 1. The number of nitrogens with two attached hydrogens (primary N) is 1. The summed E-state index contributed by atoms with van der Waals surface area (Å²) < 4.78 is 12.5. The van der Waals surface area contributed by atoms with Crippen molar-refractivity contribution in [2.24, 2.45) is 5.73 Å². The SMILES string of the molecule is C[C@@](N)(CC(=O)O)c1ccc(F)cn1. The van der Waals surface area contributed by atoms with E-state index >= 15 is 0 Å². The number of aliphatic carboxylic acids is 1. The van der Waals surface area contributed by atoms with Crippen LogP contribution in [0.4, 0.5) is 4.39 Å². The lowest BCUT2D eigenvalue weighted by atomic mass is 9.94. The van der Waals surface area contributed by atoms with Gasteiger partial charge in [-0.2, -0.15) is 0 Å². The lowest BCUT2D eigenvalue weighted by Crippen LogP contribution is -2.36. The molecule has 1 rings (SSSR count). The third kappa shape index (κ3) is 2.50. The summed E-state index contributed by atoms with van der Waals surface area (Å²) in [5, 5.41) is 8.58. The number of pyridine rings is 1. The van der Waals surface area contributed by atoms with E-state index in [-0.39, 0.29) is 6.42 Å². The van der Waals surface area contributed by atoms with Crippen molar-refractivity contribution in [2.75, 3.05) is 0 Å². The fourth-order valence-corrected chi connectivity index (χ4v) is 1.12. The second-order valence-corrected chi connectivity index (χ2v) is 3.35. The molecule has 0 aliphatic rings. The molecule has 0 aromatic carbocycles. The second-order valence-electron chi connectivity index (χ2n) is 3.35. The van der Waals surface area contributed by atoms with E-state index in [0.717, 1.165) is 6.20 Å². The van der Waals surface area contributed by atoms with Crippen LogP contribution in [-0.2, 0) is 10.3 Å². The summed E-state index contributed by atoms with van der Waals surface area (Å²) >= 11 is 0. The van der Waals surface area contributed by atoms with Gasteiger partial charge in [-0.3, -0.25) is 9.78 Å².